The summed E-state index contributed by atoms with van der Waals surface area (Å²) in [5.74, 6) is 1.20. The molecule has 0 aliphatic carbocycles. The maximum Gasteiger partial charge on any atom is 0.294 e. The summed E-state index contributed by atoms with van der Waals surface area (Å²) in [6.45, 7) is 16.3. The topological polar surface area (TPSA) is 104 Å². The highest BCUT2D eigenvalue weighted by Gasteiger charge is 2.23. The standard InChI is InChI=1S/C10H14O3S.C9H17NO2.C8H15NO/c1-3-8(2)9-4-6-10(7-5-9)14(11,12)13;1-3-8(2)9(11)10-4-6-12-7-5-10;1-3-7(2)9-6-4-5-8(9)10/h4-8H,3H2,1-2H3,(H,11,12,13);8H,3-7H2,1-2H3;7H,3-6H2,1-2H3. The van der Waals surface area contributed by atoms with E-state index in [-0.39, 0.29) is 16.7 Å². The number of carbonyl (C=O) groups excluding carboxylic acids is 2. The lowest BCUT2D eigenvalue weighted by Crippen LogP contribution is -2.43. The Bertz CT molecular complexity index is 897. The van der Waals surface area contributed by atoms with Crippen LogP contribution in [0.5, 0.6) is 0 Å². The number of likely N-dealkylation sites (tertiary alicyclic amines) is 1. The van der Waals surface area contributed by atoms with E-state index in [1.54, 1.807) is 12.1 Å². The number of amides is 2. The first-order valence-electron chi connectivity index (χ1n) is 13.2. The number of ether oxygens (including phenoxy) is 1. The molecule has 1 N–H and O–H groups in total. The molecule has 8 nitrogen and oxygen atoms in total. The Morgan fingerprint density at radius 2 is 1.56 bits per heavy atom. The second kappa shape index (κ2) is 16.0. The van der Waals surface area contributed by atoms with Gasteiger partial charge in [-0.25, -0.2) is 0 Å². The van der Waals surface area contributed by atoms with Gasteiger partial charge in [0.05, 0.1) is 18.1 Å². The Labute approximate surface area is 218 Å². The van der Waals surface area contributed by atoms with Crippen LogP contribution in [0.3, 0.4) is 0 Å². The van der Waals surface area contributed by atoms with E-state index in [4.69, 9.17) is 9.29 Å². The van der Waals surface area contributed by atoms with Gasteiger partial charge in [-0.3, -0.25) is 14.1 Å². The van der Waals surface area contributed by atoms with E-state index >= 15 is 0 Å². The van der Waals surface area contributed by atoms with E-state index in [0.29, 0.717) is 31.1 Å². The molecule has 2 aliphatic heterocycles. The maximum atomic E-state index is 11.6. The van der Waals surface area contributed by atoms with Crippen LogP contribution in [0.25, 0.3) is 0 Å². The van der Waals surface area contributed by atoms with Crippen LogP contribution in [0, 0.1) is 5.92 Å². The number of hydrogen-bond donors (Lipinski definition) is 1. The molecule has 1 aromatic rings. The zero-order valence-electron chi connectivity index (χ0n) is 22.9. The summed E-state index contributed by atoms with van der Waals surface area (Å²) in [5.41, 5.74) is 1.08. The molecule has 3 rings (SSSR count). The largest absolute Gasteiger partial charge is 0.378 e. The summed E-state index contributed by atoms with van der Waals surface area (Å²) in [4.78, 5) is 26.5. The van der Waals surface area contributed by atoms with E-state index in [0.717, 1.165) is 57.3 Å². The lowest BCUT2D eigenvalue weighted by molar-refractivity contribution is -0.139. The molecule has 0 radical (unpaired) electrons. The molecule has 0 aromatic heterocycles. The van der Waals surface area contributed by atoms with Crippen LogP contribution in [0.4, 0.5) is 0 Å². The van der Waals surface area contributed by atoms with Crippen molar-refractivity contribution >= 4 is 21.9 Å². The summed E-state index contributed by atoms with van der Waals surface area (Å²) in [6.07, 6.45) is 4.83. The summed E-state index contributed by atoms with van der Waals surface area (Å²) in [6, 6.07) is 6.78. The second-order valence-corrected chi connectivity index (χ2v) is 11.0. The molecule has 2 fully saturated rings. The molecule has 0 spiro atoms. The van der Waals surface area contributed by atoms with Crippen molar-refractivity contribution in [3.8, 4) is 0 Å². The fourth-order valence-electron chi connectivity index (χ4n) is 3.83. The molecule has 9 heteroatoms. The van der Waals surface area contributed by atoms with Gasteiger partial charge in [-0.05, 0) is 56.2 Å². The number of carbonyl (C=O) groups is 2. The number of hydrogen-bond acceptors (Lipinski definition) is 5. The third-order valence-electron chi connectivity index (χ3n) is 6.95. The average molecular weight is 527 g/mol. The molecule has 2 aliphatic rings. The Morgan fingerprint density at radius 3 is 1.97 bits per heavy atom. The molecule has 0 saturated carbocycles. The summed E-state index contributed by atoms with van der Waals surface area (Å²) in [7, 11) is -4.05. The van der Waals surface area contributed by atoms with Gasteiger partial charge in [-0.2, -0.15) is 8.42 Å². The first-order valence-corrected chi connectivity index (χ1v) is 14.6. The van der Waals surface area contributed by atoms with Crippen molar-refractivity contribution in [2.75, 3.05) is 32.8 Å². The second-order valence-electron chi connectivity index (χ2n) is 9.55. The monoisotopic (exact) mass is 526 g/mol. The van der Waals surface area contributed by atoms with E-state index in [9.17, 15) is 18.0 Å². The summed E-state index contributed by atoms with van der Waals surface area (Å²) < 4.78 is 35.4. The molecule has 1 aromatic carbocycles. The number of nitrogens with zero attached hydrogens (tertiary/aromatic N) is 2. The summed E-state index contributed by atoms with van der Waals surface area (Å²) >= 11 is 0. The normalized spacial score (nSPS) is 18.4. The van der Waals surface area contributed by atoms with Gasteiger partial charge in [0.15, 0.2) is 0 Å². The number of morpholine rings is 1. The highest BCUT2D eigenvalue weighted by atomic mass is 32.2. The number of benzene rings is 1. The van der Waals surface area contributed by atoms with Gasteiger partial charge in [0.1, 0.15) is 0 Å². The predicted molar refractivity (Wildman–Crippen MR) is 143 cm³/mol. The lowest BCUT2D eigenvalue weighted by atomic mass is 9.99. The minimum Gasteiger partial charge on any atom is -0.378 e. The molecule has 3 unspecified atom stereocenters. The number of rotatable bonds is 7. The zero-order valence-corrected chi connectivity index (χ0v) is 23.7. The SMILES string of the molecule is CCC(C)C(=O)N1CCOCC1.CCC(C)N1CCCC1=O.CCC(C)c1ccc(S(=O)(=O)O)cc1. The molecule has 206 valence electrons. The third-order valence-corrected chi connectivity index (χ3v) is 7.82. The molecule has 3 atom stereocenters. The van der Waals surface area contributed by atoms with E-state index in [1.165, 1.54) is 12.1 Å². The predicted octanol–water partition coefficient (Wildman–Crippen LogP) is 4.75. The fraction of sp³-hybridized carbons (Fsp3) is 0.704. The van der Waals surface area contributed by atoms with E-state index in [2.05, 4.69) is 27.7 Å². The average Bonchev–Trinajstić information content (AvgIpc) is 3.33. The minimum absolute atomic E-state index is 0.0513. The van der Waals surface area contributed by atoms with Crippen molar-refractivity contribution in [3.63, 3.8) is 0 Å². The van der Waals surface area contributed by atoms with E-state index in [1.807, 2.05) is 23.6 Å². The van der Waals surface area contributed by atoms with Crippen LogP contribution >= 0.6 is 0 Å². The molecule has 36 heavy (non-hydrogen) atoms. The third kappa shape index (κ3) is 10.6. The fourth-order valence-corrected chi connectivity index (χ4v) is 4.31. The van der Waals surface area contributed by atoms with Crippen molar-refractivity contribution in [2.45, 2.75) is 90.5 Å². The lowest BCUT2D eigenvalue weighted by Gasteiger charge is -2.28. The highest BCUT2D eigenvalue weighted by molar-refractivity contribution is 7.85. The minimum atomic E-state index is -4.05. The van der Waals surface area contributed by atoms with Crippen LogP contribution in [0.1, 0.15) is 85.1 Å². The molecule has 2 saturated heterocycles. The van der Waals surface area contributed by atoms with Crippen molar-refractivity contribution in [2.24, 2.45) is 5.92 Å². The Balaban J connectivity index is 0.000000274. The van der Waals surface area contributed by atoms with Crippen LogP contribution in [0.15, 0.2) is 29.2 Å². The zero-order chi connectivity index (χ0) is 27.3. The maximum absolute atomic E-state index is 11.6. The van der Waals surface area contributed by atoms with Crippen molar-refractivity contribution in [1.29, 1.82) is 0 Å². The van der Waals surface area contributed by atoms with Gasteiger partial charge >= 0.3 is 0 Å². The quantitative estimate of drug-likeness (QED) is 0.515. The summed E-state index contributed by atoms with van der Waals surface area (Å²) in [5, 5.41) is 0. The van der Waals surface area contributed by atoms with Crippen molar-refractivity contribution in [1.82, 2.24) is 9.80 Å². The van der Waals surface area contributed by atoms with Gasteiger partial charge in [0.25, 0.3) is 10.1 Å². The van der Waals surface area contributed by atoms with Crippen LogP contribution in [-0.4, -0.2) is 73.5 Å². The molecular formula is C27H46N2O6S. The Hall–Kier alpha value is -1.97. The van der Waals surface area contributed by atoms with Crippen LogP contribution in [-0.2, 0) is 24.4 Å². The Kier molecular flexibility index (Phi) is 14.2. The Morgan fingerprint density at radius 1 is 0.972 bits per heavy atom. The van der Waals surface area contributed by atoms with Gasteiger partial charge in [0.2, 0.25) is 11.8 Å². The van der Waals surface area contributed by atoms with Gasteiger partial charge in [-0.1, -0.05) is 46.8 Å². The van der Waals surface area contributed by atoms with Gasteiger partial charge in [0, 0.05) is 38.0 Å². The molecule has 2 amide bonds. The molecule has 2 heterocycles. The van der Waals surface area contributed by atoms with Crippen molar-refractivity contribution < 1.29 is 27.3 Å². The molecular weight excluding hydrogens is 480 g/mol. The van der Waals surface area contributed by atoms with Gasteiger partial charge in [-0.15, -0.1) is 0 Å². The first-order chi connectivity index (χ1) is 17.0. The van der Waals surface area contributed by atoms with E-state index < -0.39 is 10.1 Å². The first kappa shape index (κ1) is 32.1. The van der Waals surface area contributed by atoms with Crippen LogP contribution < -0.4 is 0 Å². The highest BCUT2D eigenvalue weighted by Crippen LogP contribution is 2.20. The smallest absolute Gasteiger partial charge is 0.294 e. The van der Waals surface area contributed by atoms with Crippen molar-refractivity contribution in [3.05, 3.63) is 29.8 Å². The van der Waals surface area contributed by atoms with Gasteiger partial charge < -0.3 is 14.5 Å². The van der Waals surface area contributed by atoms with Crippen LogP contribution in [0.2, 0.25) is 0 Å². The molecule has 0 bridgehead atoms.